The molecule has 0 unspecified atom stereocenters. The van der Waals surface area contributed by atoms with Crippen molar-refractivity contribution in [2.75, 3.05) is 0 Å². The van der Waals surface area contributed by atoms with Gasteiger partial charge in [-0.15, -0.1) is 0 Å². The van der Waals surface area contributed by atoms with Crippen molar-refractivity contribution in [3.05, 3.63) is 54.6 Å². The van der Waals surface area contributed by atoms with Gasteiger partial charge in [0.05, 0.1) is 0 Å². The molecular weight excluding hydrogens is 311 g/mol. The summed E-state index contributed by atoms with van der Waals surface area (Å²) in [5.74, 6) is 0.888. The van der Waals surface area contributed by atoms with Gasteiger partial charge in [-0.2, -0.15) is 22.0 Å². The van der Waals surface area contributed by atoms with E-state index in [2.05, 4.69) is 0 Å². The molecule has 0 radical (unpaired) electrons. The summed E-state index contributed by atoms with van der Waals surface area (Å²) in [7, 11) is 0. The first-order chi connectivity index (χ1) is 9.78. The Morgan fingerprint density at radius 3 is 1.76 bits per heavy atom. The molecule has 0 N–H and O–H groups in total. The summed E-state index contributed by atoms with van der Waals surface area (Å²) in [6.45, 7) is 0. The molecule has 2 aromatic rings. The molecule has 21 heavy (non-hydrogen) atoms. The number of benzene rings is 2. The molecule has 2 rings (SSSR count). The summed E-state index contributed by atoms with van der Waals surface area (Å²) in [6, 6.07) is 13.7. The second-order valence-electron chi connectivity index (χ2n) is 4.00. The highest BCUT2D eigenvalue weighted by Crippen LogP contribution is 2.47. The topological polar surface area (TPSA) is 9.23 Å². The van der Waals surface area contributed by atoms with Crippen LogP contribution in [-0.2, 0) is 0 Å². The van der Waals surface area contributed by atoms with E-state index >= 15 is 0 Å². The lowest BCUT2D eigenvalue weighted by Gasteiger charge is -2.18. The predicted octanol–water partition coefficient (Wildman–Crippen LogP) is 5.73. The average Bonchev–Trinajstić information content (AvgIpc) is 2.41. The van der Waals surface area contributed by atoms with Crippen LogP contribution in [0.15, 0.2) is 59.5 Å². The van der Waals surface area contributed by atoms with Crippen LogP contribution < -0.4 is 4.74 Å². The lowest BCUT2D eigenvalue weighted by atomic mass is 10.3. The Balaban J connectivity index is 2.06. The number of hydrogen-bond donors (Lipinski definition) is 0. The number of alkyl halides is 5. The van der Waals surface area contributed by atoms with E-state index in [1.165, 1.54) is 12.1 Å². The van der Waals surface area contributed by atoms with Gasteiger partial charge in [-0.1, -0.05) is 18.2 Å². The summed E-state index contributed by atoms with van der Waals surface area (Å²) < 4.78 is 67.4. The Bertz CT molecular complexity index is 581. The molecular formula is C14H9F5OS. The Kier molecular flexibility index (Phi) is 4.41. The summed E-state index contributed by atoms with van der Waals surface area (Å²) in [5, 5.41) is -4.82. The standard InChI is InChI=1S/C14H9F5OS/c15-13(16,17)14(18,19)21-12-8-6-11(7-9-12)20-10-4-2-1-3-5-10/h1-9H. The molecule has 0 fully saturated rings. The van der Waals surface area contributed by atoms with Gasteiger partial charge >= 0.3 is 11.4 Å². The SMILES string of the molecule is FC(F)(F)C(F)(F)Sc1ccc(Oc2ccccc2)cc1. The van der Waals surface area contributed by atoms with Crippen LogP contribution in [0.2, 0.25) is 0 Å². The molecule has 0 saturated heterocycles. The molecule has 0 aliphatic heterocycles. The number of rotatable bonds is 4. The van der Waals surface area contributed by atoms with Gasteiger partial charge in [0.2, 0.25) is 0 Å². The Hall–Kier alpha value is -1.76. The largest absolute Gasteiger partial charge is 0.464 e. The van der Waals surface area contributed by atoms with Gasteiger partial charge in [-0.3, -0.25) is 0 Å². The normalized spacial score (nSPS) is 12.2. The number of thioether (sulfide) groups is 1. The van der Waals surface area contributed by atoms with Gasteiger partial charge in [0.25, 0.3) is 0 Å². The highest BCUT2D eigenvalue weighted by Gasteiger charge is 2.58. The van der Waals surface area contributed by atoms with Crippen LogP contribution in [0.4, 0.5) is 22.0 Å². The van der Waals surface area contributed by atoms with Crippen molar-refractivity contribution in [3.63, 3.8) is 0 Å². The van der Waals surface area contributed by atoms with Gasteiger partial charge in [0.15, 0.2) is 0 Å². The van der Waals surface area contributed by atoms with Crippen molar-refractivity contribution in [3.8, 4) is 11.5 Å². The predicted molar refractivity (Wildman–Crippen MR) is 69.8 cm³/mol. The minimum absolute atomic E-state index is 0.197. The summed E-state index contributed by atoms with van der Waals surface area (Å²) >= 11 is -0.546. The zero-order valence-electron chi connectivity index (χ0n) is 10.4. The quantitative estimate of drug-likeness (QED) is 0.526. The fraction of sp³-hybridized carbons (Fsp3) is 0.143. The van der Waals surface area contributed by atoms with Crippen molar-refractivity contribution >= 4 is 11.8 Å². The minimum Gasteiger partial charge on any atom is -0.457 e. The third kappa shape index (κ3) is 4.10. The lowest BCUT2D eigenvalue weighted by molar-refractivity contribution is -0.237. The molecule has 0 atom stereocenters. The maximum Gasteiger partial charge on any atom is 0.464 e. The van der Waals surface area contributed by atoms with Crippen LogP contribution in [0.3, 0.4) is 0 Å². The van der Waals surface area contributed by atoms with E-state index in [1.807, 2.05) is 0 Å². The van der Waals surface area contributed by atoms with Gasteiger partial charge < -0.3 is 4.74 Å². The Morgan fingerprint density at radius 1 is 0.714 bits per heavy atom. The molecule has 0 heterocycles. The second kappa shape index (κ2) is 5.93. The second-order valence-corrected chi connectivity index (χ2v) is 5.19. The first-order valence-electron chi connectivity index (χ1n) is 5.74. The van der Waals surface area contributed by atoms with E-state index in [0.29, 0.717) is 11.5 Å². The van der Waals surface area contributed by atoms with E-state index in [9.17, 15) is 22.0 Å². The van der Waals surface area contributed by atoms with E-state index in [0.717, 1.165) is 12.1 Å². The van der Waals surface area contributed by atoms with Gasteiger partial charge in [-0.05, 0) is 48.2 Å². The zero-order chi connectivity index (χ0) is 15.5. The fourth-order valence-electron chi connectivity index (χ4n) is 1.41. The molecule has 0 aromatic heterocycles. The van der Waals surface area contributed by atoms with Gasteiger partial charge in [-0.25, -0.2) is 0 Å². The first kappa shape index (κ1) is 15.6. The zero-order valence-corrected chi connectivity index (χ0v) is 11.2. The number of halogens is 5. The highest BCUT2D eigenvalue weighted by molar-refractivity contribution is 8.00. The molecule has 0 spiro atoms. The van der Waals surface area contributed by atoms with Crippen LogP contribution in [0.25, 0.3) is 0 Å². The average molecular weight is 320 g/mol. The minimum atomic E-state index is -5.59. The van der Waals surface area contributed by atoms with Crippen molar-refractivity contribution in [2.45, 2.75) is 16.3 Å². The van der Waals surface area contributed by atoms with Gasteiger partial charge in [0.1, 0.15) is 11.5 Å². The maximum absolute atomic E-state index is 12.9. The molecule has 0 amide bonds. The highest BCUT2D eigenvalue weighted by atomic mass is 32.2. The molecule has 0 saturated carbocycles. The maximum atomic E-state index is 12.9. The molecule has 0 aliphatic rings. The van der Waals surface area contributed by atoms with Crippen molar-refractivity contribution in [1.82, 2.24) is 0 Å². The van der Waals surface area contributed by atoms with Crippen LogP contribution in [-0.4, -0.2) is 11.4 Å². The molecule has 7 heteroatoms. The Morgan fingerprint density at radius 2 is 1.24 bits per heavy atom. The molecule has 2 aromatic carbocycles. The third-order valence-corrected chi connectivity index (χ3v) is 3.37. The molecule has 0 aliphatic carbocycles. The van der Waals surface area contributed by atoms with Crippen molar-refractivity contribution in [2.24, 2.45) is 0 Å². The lowest BCUT2D eigenvalue weighted by Crippen LogP contribution is -2.32. The van der Waals surface area contributed by atoms with Gasteiger partial charge in [0, 0.05) is 4.90 Å². The van der Waals surface area contributed by atoms with Crippen molar-refractivity contribution < 1.29 is 26.7 Å². The van der Waals surface area contributed by atoms with Crippen molar-refractivity contribution in [1.29, 1.82) is 0 Å². The van der Waals surface area contributed by atoms with E-state index in [1.54, 1.807) is 30.3 Å². The molecule has 0 bridgehead atoms. The third-order valence-electron chi connectivity index (χ3n) is 2.38. The fourth-order valence-corrected chi connectivity index (χ4v) is 2.09. The van der Waals surface area contributed by atoms with E-state index in [4.69, 9.17) is 4.74 Å². The molecule has 112 valence electrons. The number of para-hydroxylation sites is 1. The van der Waals surface area contributed by atoms with Crippen LogP contribution in [0, 0.1) is 0 Å². The number of ether oxygens (including phenoxy) is 1. The first-order valence-corrected chi connectivity index (χ1v) is 6.56. The summed E-state index contributed by atoms with van der Waals surface area (Å²) in [6.07, 6.45) is -5.59. The van der Waals surface area contributed by atoms with Crippen LogP contribution in [0.5, 0.6) is 11.5 Å². The van der Waals surface area contributed by atoms with E-state index < -0.39 is 23.2 Å². The Labute approximate surface area is 121 Å². The summed E-state index contributed by atoms with van der Waals surface area (Å²) in [5.41, 5.74) is 0. The smallest absolute Gasteiger partial charge is 0.457 e. The van der Waals surface area contributed by atoms with Crippen LogP contribution >= 0.6 is 11.8 Å². The van der Waals surface area contributed by atoms with E-state index in [-0.39, 0.29) is 4.90 Å². The summed E-state index contributed by atoms with van der Waals surface area (Å²) in [4.78, 5) is -0.197. The number of hydrogen-bond acceptors (Lipinski definition) is 2. The molecule has 1 nitrogen and oxygen atoms in total. The van der Waals surface area contributed by atoms with Crippen LogP contribution in [0.1, 0.15) is 0 Å². The monoisotopic (exact) mass is 320 g/mol.